The van der Waals surface area contributed by atoms with Gasteiger partial charge in [0, 0.05) is 6.20 Å². The third-order valence-electron chi connectivity index (χ3n) is 0.911. The van der Waals surface area contributed by atoms with Crippen molar-refractivity contribution in [2.45, 2.75) is 0 Å². The predicted octanol–water partition coefficient (Wildman–Crippen LogP) is 1.13. The molecule has 3 nitrogen and oxygen atoms in total. The van der Waals surface area contributed by atoms with Gasteiger partial charge in [-0.3, -0.25) is 0 Å². The Hall–Kier alpha value is -0.770. The third kappa shape index (κ3) is 1.13. The molecule has 0 aromatic carbocycles. The average molecular weight is 189 g/mol. The topological polar surface area (TPSA) is 59.1 Å². The fraction of sp³-hybridized carbons (Fsp3) is 0. The molecule has 4 heteroatoms. The molecule has 0 bridgehead atoms. The summed E-state index contributed by atoms with van der Waals surface area (Å²) in [5, 5.41) is 8.97. The van der Waals surface area contributed by atoms with Gasteiger partial charge in [-0.15, -0.1) is 0 Å². The van der Waals surface area contributed by atoms with Gasteiger partial charge >= 0.3 is 0 Å². The Kier molecular flexibility index (Phi) is 1.57. The van der Waals surface area contributed by atoms with Gasteiger partial charge in [0.05, 0.1) is 5.69 Å². The molecule has 0 fully saturated rings. The zero-order chi connectivity index (χ0) is 6.85. The van der Waals surface area contributed by atoms with Crippen molar-refractivity contribution in [3.8, 4) is 5.75 Å². The fourth-order valence-electron chi connectivity index (χ4n) is 0.442. The second-order valence-corrected chi connectivity index (χ2v) is 2.29. The van der Waals surface area contributed by atoms with Crippen LogP contribution in [0.2, 0.25) is 0 Å². The van der Waals surface area contributed by atoms with Crippen LogP contribution in [0.1, 0.15) is 0 Å². The summed E-state index contributed by atoms with van der Waals surface area (Å²) in [7, 11) is 0. The first-order chi connectivity index (χ1) is 4.22. The van der Waals surface area contributed by atoms with E-state index in [1.807, 2.05) is 0 Å². The van der Waals surface area contributed by atoms with Crippen LogP contribution in [0, 0.1) is 0 Å². The molecular weight excluding hydrogens is 184 g/mol. The van der Waals surface area contributed by atoms with Crippen molar-refractivity contribution < 1.29 is 5.11 Å². The molecule has 0 atom stereocenters. The van der Waals surface area contributed by atoms with E-state index in [0.29, 0.717) is 10.3 Å². The quantitative estimate of drug-likeness (QED) is 0.601. The molecule has 0 aliphatic heterocycles. The molecule has 0 saturated heterocycles. The number of hydrogen-bond acceptors (Lipinski definition) is 3. The third-order valence-corrected chi connectivity index (χ3v) is 1.49. The van der Waals surface area contributed by atoms with Gasteiger partial charge in [-0.2, -0.15) is 0 Å². The van der Waals surface area contributed by atoms with Gasteiger partial charge < -0.3 is 10.8 Å². The van der Waals surface area contributed by atoms with Gasteiger partial charge in [0.25, 0.3) is 0 Å². The molecule has 0 spiro atoms. The Morgan fingerprint density at radius 2 is 2.33 bits per heavy atom. The molecule has 0 aliphatic rings. The average Bonchev–Trinajstić information content (AvgIpc) is 1.83. The van der Waals surface area contributed by atoms with Gasteiger partial charge in [0.2, 0.25) is 0 Å². The number of rotatable bonds is 0. The SMILES string of the molecule is Nc1ccnc(Br)c1O. The Morgan fingerprint density at radius 3 is 2.78 bits per heavy atom. The molecule has 1 aromatic rings. The molecule has 3 N–H and O–H groups in total. The number of anilines is 1. The van der Waals surface area contributed by atoms with Crippen molar-refractivity contribution in [3.05, 3.63) is 16.9 Å². The van der Waals surface area contributed by atoms with Crippen LogP contribution >= 0.6 is 15.9 Å². The Morgan fingerprint density at radius 1 is 1.67 bits per heavy atom. The summed E-state index contributed by atoms with van der Waals surface area (Å²) in [5.74, 6) is -0.00231. The first-order valence-corrected chi connectivity index (χ1v) is 3.10. The highest BCUT2D eigenvalue weighted by atomic mass is 79.9. The molecule has 0 unspecified atom stereocenters. The zero-order valence-corrected chi connectivity index (χ0v) is 6.09. The minimum absolute atomic E-state index is 0.00231. The van der Waals surface area contributed by atoms with E-state index in [-0.39, 0.29) is 5.75 Å². The number of aromatic hydroxyl groups is 1. The number of aromatic nitrogens is 1. The molecule has 48 valence electrons. The Bertz CT molecular complexity index is 206. The molecule has 0 radical (unpaired) electrons. The van der Waals surface area contributed by atoms with Gasteiger partial charge in [0.15, 0.2) is 5.75 Å². The molecule has 1 rings (SSSR count). The van der Waals surface area contributed by atoms with E-state index in [4.69, 9.17) is 10.8 Å². The maximum atomic E-state index is 8.97. The molecule has 9 heavy (non-hydrogen) atoms. The summed E-state index contributed by atoms with van der Waals surface area (Å²) in [4.78, 5) is 3.73. The van der Waals surface area contributed by atoms with E-state index < -0.39 is 0 Å². The van der Waals surface area contributed by atoms with Crippen LogP contribution in [0.4, 0.5) is 5.69 Å². The minimum atomic E-state index is -0.00231. The van der Waals surface area contributed by atoms with Crippen molar-refractivity contribution >= 4 is 21.6 Å². The summed E-state index contributed by atoms with van der Waals surface area (Å²) in [5.41, 5.74) is 5.63. The number of pyridine rings is 1. The highest BCUT2D eigenvalue weighted by Crippen LogP contribution is 2.26. The van der Waals surface area contributed by atoms with Crippen molar-refractivity contribution in [2.24, 2.45) is 0 Å². The Balaban J connectivity index is 3.25. The molecule has 0 aliphatic carbocycles. The minimum Gasteiger partial charge on any atom is -0.504 e. The van der Waals surface area contributed by atoms with Gasteiger partial charge in [-0.25, -0.2) is 4.98 Å². The zero-order valence-electron chi connectivity index (χ0n) is 4.50. The first-order valence-electron chi connectivity index (χ1n) is 2.31. The number of nitrogens with zero attached hydrogens (tertiary/aromatic N) is 1. The lowest BCUT2D eigenvalue weighted by molar-refractivity contribution is 0.471. The van der Waals surface area contributed by atoms with Crippen LogP contribution in [-0.4, -0.2) is 10.1 Å². The lowest BCUT2D eigenvalue weighted by Crippen LogP contribution is -1.86. The van der Waals surface area contributed by atoms with Crippen molar-refractivity contribution in [1.82, 2.24) is 4.98 Å². The summed E-state index contributed by atoms with van der Waals surface area (Å²) >= 11 is 3.00. The largest absolute Gasteiger partial charge is 0.504 e. The van der Waals surface area contributed by atoms with Gasteiger partial charge in [-0.05, 0) is 22.0 Å². The fourth-order valence-corrected chi connectivity index (χ4v) is 0.789. The summed E-state index contributed by atoms with van der Waals surface area (Å²) < 4.78 is 0.377. The molecule has 1 aromatic heterocycles. The van der Waals surface area contributed by atoms with Crippen molar-refractivity contribution in [1.29, 1.82) is 0 Å². The van der Waals surface area contributed by atoms with Gasteiger partial charge in [0.1, 0.15) is 4.60 Å². The van der Waals surface area contributed by atoms with E-state index in [0.717, 1.165) is 0 Å². The second kappa shape index (κ2) is 2.23. The van der Waals surface area contributed by atoms with Crippen molar-refractivity contribution in [3.63, 3.8) is 0 Å². The van der Waals surface area contributed by atoms with E-state index in [1.165, 1.54) is 12.3 Å². The maximum Gasteiger partial charge on any atom is 0.171 e. The smallest absolute Gasteiger partial charge is 0.171 e. The lowest BCUT2D eigenvalue weighted by Gasteiger charge is -1.96. The standard InChI is InChI=1S/C5H5BrN2O/c6-5-4(9)3(7)1-2-8-5/h1-2,9H,(H2,7,8). The normalized spacial score (nSPS) is 9.44. The summed E-state index contributed by atoms with van der Waals surface area (Å²) in [6.45, 7) is 0. The van der Waals surface area contributed by atoms with Crippen LogP contribution in [0.25, 0.3) is 0 Å². The predicted molar refractivity (Wildman–Crippen MR) is 38.0 cm³/mol. The molecule has 0 amide bonds. The number of halogens is 1. The van der Waals surface area contributed by atoms with E-state index in [9.17, 15) is 0 Å². The van der Waals surface area contributed by atoms with E-state index >= 15 is 0 Å². The first kappa shape index (κ1) is 6.35. The number of nitrogens with two attached hydrogens (primary N) is 1. The molecule has 0 saturated carbocycles. The lowest BCUT2D eigenvalue weighted by atomic mass is 10.4. The highest BCUT2D eigenvalue weighted by Gasteiger charge is 1.99. The summed E-state index contributed by atoms with van der Waals surface area (Å²) in [6, 6.07) is 1.53. The number of nitrogen functional groups attached to an aromatic ring is 1. The van der Waals surface area contributed by atoms with E-state index in [1.54, 1.807) is 0 Å². The van der Waals surface area contributed by atoms with Gasteiger partial charge in [-0.1, -0.05) is 0 Å². The highest BCUT2D eigenvalue weighted by molar-refractivity contribution is 9.10. The molecular formula is C5H5BrN2O. The summed E-state index contributed by atoms with van der Waals surface area (Å²) in [6.07, 6.45) is 1.51. The van der Waals surface area contributed by atoms with Crippen LogP contribution in [0.3, 0.4) is 0 Å². The Labute approximate surface area is 60.7 Å². The van der Waals surface area contributed by atoms with Crippen LogP contribution in [0.5, 0.6) is 5.75 Å². The second-order valence-electron chi connectivity index (χ2n) is 1.54. The van der Waals surface area contributed by atoms with E-state index in [2.05, 4.69) is 20.9 Å². The monoisotopic (exact) mass is 188 g/mol. The van der Waals surface area contributed by atoms with Crippen LogP contribution in [-0.2, 0) is 0 Å². The number of hydrogen-bond donors (Lipinski definition) is 2. The maximum absolute atomic E-state index is 8.97. The van der Waals surface area contributed by atoms with Crippen molar-refractivity contribution in [2.75, 3.05) is 5.73 Å². The van der Waals surface area contributed by atoms with Crippen LogP contribution < -0.4 is 5.73 Å². The van der Waals surface area contributed by atoms with Crippen LogP contribution in [0.15, 0.2) is 16.9 Å². The molecule has 1 heterocycles.